The Morgan fingerprint density at radius 2 is 1.02 bits per heavy atom. The SMILES string of the molecule is CC(C)CC(C)O.COCCO.COc1ccc(CCN2C(=O)c3ccc4c5ccc6c7c(ccc(c8ccc(c3c48)C2=O)c75)C(=O)N(C(C)CC(C)C)C6=O)cc1OC. The summed E-state index contributed by atoms with van der Waals surface area (Å²) in [7, 11) is 4.70. The molecule has 2 N–H and O–H groups in total. The zero-order valence-electron chi connectivity index (χ0n) is 36.0. The lowest BCUT2D eigenvalue weighted by Crippen LogP contribution is -2.46. The van der Waals surface area contributed by atoms with Crippen LogP contribution in [0, 0.1) is 11.8 Å². The molecule has 11 heteroatoms. The average Bonchev–Trinajstić information content (AvgIpc) is 3.21. The van der Waals surface area contributed by atoms with E-state index in [2.05, 4.69) is 32.4 Å². The highest BCUT2D eigenvalue weighted by molar-refractivity contribution is 6.41. The van der Waals surface area contributed by atoms with Gasteiger partial charge in [-0.15, -0.1) is 0 Å². The van der Waals surface area contributed by atoms with Gasteiger partial charge in [0.2, 0.25) is 0 Å². The maximum absolute atomic E-state index is 14.0. The van der Waals surface area contributed by atoms with E-state index in [1.54, 1.807) is 33.5 Å². The van der Waals surface area contributed by atoms with E-state index in [-0.39, 0.29) is 48.9 Å². The third kappa shape index (κ3) is 8.13. The van der Waals surface area contributed by atoms with Gasteiger partial charge in [0, 0.05) is 52.7 Å². The molecule has 60 heavy (non-hydrogen) atoms. The predicted octanol–water partition coefficient (Wildman–Crippen LogP) is 8.66. The summed E-state index contributed by atoms with van der Waals surface area (Å²) in [5.74, 6) is 0.939. The third-order valence-electron chi connectivity index (χ3n) is 11.2. The van der Waals surface area contributed by atoms with Gasteiger partial charge in [-0.25, -0.2) is 0 Å². The molecule has 11 nitrogen and oxygen atoms in total. The van der Waals surface area contributed by atoms with Gasteiger partial charge >= 0.3 is 0 Å². The maximum Gasteiger partial charge on any atom is 0.261 e. The number of methoxy groups -OCH3 is 3. The summed E-state index contributed by atoms with van der Waals surface area (Å²) in [6.45, 7) is 12.9. The Morgan fingerprint density at radius 3 is 1.37 bits per heavy atom. The zero-order valence-corrected chi connectivity index (χ0v) is 36.0. The van der Waals surface area contributed by atoms with Crippen molar-refractivity contribution in [2.24, 2.45) is 11.8 Å². The molecule has 0 spiro atoms. The van der Waals surface area contributed by atoms with Crippen LogP contribution in [0.2, 0.25) is 0 Å². The molecule has 4 amide bonds. The van der Waals surface area contributed by atoms with Crippen LogP contribution in [-0.2, 0) is 11.2 Å². The van der Waals surface area contributed by atoms with E-state index in [1.165, 1.54) is 9.80 Å². The molecule has 0 saturated carbocycles. The molecule has 0 saturated heterocycles. The summed E-state index contributed by atoms with van der Waals surface area (Å²) in [5, 5.41) is 23.2. The Morgan fingerprint density at radius 1 is 0.567 bits per heavy atom. The first-order chi connectivity index (χ1) is 28.7. The number of aliphatic hydroxyl groups excluding tert-OH is 2. The van der Waals surface area contributed by atoms with E-state index in [4.69, 9.17) is 19.7 Å². The van der Waals surface area contributed by atoms with E-state index in [0.717, 1.165) is 50.7 Å². The number of benzene rings is 6. The van der Waals surface area contributed by atoms with Crippen LogP contribution in [0.15, 0.2) is 66.7 Å². The highest BCUT2D eigenvalue weighted by atomic mass is 16.5. The first kappa shape index (κ1) is 43.9. The fourth-order valence-corrected chi connectivity index (χ4v) is 8.78. The van der Waals surface area contributed by atoms with Gasteiger partial charge < -0.3 is 24.4 Å². The van der Waals surface area contributed by atoms with Gasteiger partial charge in [-0.05, 0) is 119 Å². The van der Waals surface area contributed by atoms with Crippen molar-refractivity contribution in [1.29, 1.82) is 0 Å². The molecule has 6 aromatic carbocycles. The minimum absolute atomic E-state index is 0.122. The van der Waals surface area contributed by atoms with Crippen molar-refractivity contribution in [1.82, 2.24) is 9.80 Å². The topological polar surface area (TPSA) is 143 Å². The minimum Gasteiger partial charge on any atom is -0.493 e. The number of hydrogen-bond donors (Lipinski definition) is 2. The van der Waals surface area contributed by atoms with Crippen molar-refractivity contribution >= 4 is 66.7 Å². The molecule has 316 valence electrons. The fourth-order valence-electron chi connectivity index (χ4n) is 8.78. The van der Waals surface area contributed by atoms with Crippen molar-refractivity contribution in [3.63, 3.8) is 0 Å². The molecule has 0 fully saturated rings. The van der Waals surface area contributed by atoms with Crippen molar-refractivity contribution < 1.29 is 43.6 Å². The van der Waals surface area contributed by atoms with E-state index in [1.807, 2.05) is 68.4 Å². The highest BCUT2D eigenvalue weighted by Crippen LogP contribution is 2.46. The Bertz CT molecular complexity index is 2450. The van der Waals surface area contributed by atoms with Crippen LogP contribution in [-0.4, -0.2) is 96.9 Å². The number of ether oxygens (including phenoxy) is 3. The number of nitrogens with zero attached hydrogens (tertiary/aromatic N) is 2. The number of imide groups is 2. The van der Waals surface area contributed by atoms with Crippen LogP contribution in [0.5, 0.6) is 11.5 Å². The number of carbonyl (C=O) groups is 4. The number of hydrogen-bond acceptors (Lipinski definition) is 9. The number of aliphatic hydroxyl groups is 2. The summed E-state index contributed by atoms with van der Waals surface area (Å²) < 4.78 is 15.2. The summed E-state index contributed by atoms with van der Waals surface area (Å²) in [6, 6.07) is 20.3. The molecule has 0 bridgehead atoms. The monoisotopic (exact) mass is 816 g/mol. The van der Waals surface area contributed by atoms with Crippen LogP contribution in [0.1, 0.15) is 101 Å². The Balaban J connectivity index is 0.000000443. The molecule has 0 aromatic heterocycles. The van der Waals surface area contributed by atoms with Crippen LogP contribution in [0.25, 0.3) is 43.1 Å². The Labute approximate surface area is 351 Å². The first-order valence-corrected chi connectivity index (χ1v) is 20.6. The van der Waals surface area contributed by atoms with E-state index >= 15 is 0 Å². The molecule has 0 aliphatic carbocycles. The van der Waals surface area contributed by atoms with Crippen molar-refractivity contribution in [2.75, 3.05) is 41.1 Å². The molecule has 2 aliphatic rings. The predicted molar refractivity (Wildman–Crippen MR) is 236 cm³/mol. The fraction of sp³-hybridized carbons (Fsp3) is 0.388. The Kier molecular flexibility index (Phi) is 13.4. The second-order valence-electron chi connectivity index (χ2n) is 16.5. The lowest BCUT2D eigenvalue weighted by atomic mass is 9.82. The molecule has 8 rings (SSSR count). The molecular weight excluding hydrogens is 761 g/mol. The van der Waals surface area contributed by atoms with Crippen LogP contribution < -0.4 is 9.47 Å². The van der Waals surface area contributed by atoms with Crippen molar-refractivity contribution in [3.05, 3.63) is 94.5 Å². The highest BCUT2D eigenvalue weighted by Gasteiger charge is 2.38. The second-order valence-corrected chi connectivity index (χ2v) is 16.5. The summed E-state index contributed by atoms with van der Waals surface area (Å²) in [6.07, 6.45) is 1.97. The number of fused-ring (bicyclic) bond motifs is 2. The van der Waals surface area contributed by atoms with Gasteiger partial charge in [0.15, 0.2) is 11.5 Å². The van der Waals surface area contributed by atoms with Gasteiger partial charge in [0.1, 0.15) is 0 Å². The molecule has 6 aromatic rings. The summed E-state index contributed by atoms with van der Waals surface area (Å²) >= 11 is 0. The van der Waals surface area contributed by atoms with Crippen LogP contribution in [0.3, 0.4) is 0 Å². The van der Waals surface area contributed by atoms with E-state index in [9.17, 15) is 19.2 Å². The summed E-state index contributed by atoms with van der Waals surface area (Å²) in [4.78, 5) is 58.4. The molecule has 0 radical (unpaired) electrons. The van der Waals surface area contributed by atoms with Gasteiger partial charge in [-0.3, -0.25) is 29.0 Å². The number of rotatable bonds is 12. The molecule has 2 atom stereocenters. The Hall–Kier alpha value is -5.62. The van der Waals surface area contributed by atoms with E-state index < -0.39 is 0 Å². The number of carbonyl (C=O) groups excluding carboxylic acids is 4. The number of amides is 4. The maximum atomic E-state index is 14.0. The van der Waals surface area contributed by atoms with Crippen LogP contribution in [0.4, 0.5) is 0 Å². The molecule has 2 unspecified atom stereocenters. The largest absolute Gasteiger partial charge is 0.493 e. The molecular formula is C49H56N2O9. The molecule has 2 aliphatic heterocycles. The van der Waals surface area contributed by atoms with Crippen LogP contribution >= 0.6 is 0 Å². The first-order valence-electron chi connectivity index (χ1n) is 20.6. The normalized spacial score (nSPS) is 14.6. The average molecular weight is 817 g/mol. The lowest BCUT2D eigenvalue weighted by molar-refractivity contribution is 0.0532. The van der Waals surface area contributed by atoms with Gasteiger partial charge in [0.25, 0.3) is 23.6 Å². The van der Waals surface area contributed by atoms with Gasteiger partial charge in [-0.2, -0.15) is 0 Å². The lowest BCUT2D eigenvalue weighted by Gasteiger charge is -2.33. The minimum atomic E-state index is -0.334. The van der Waals surface area contributed by atoms with E-state index in [0.29, 0.717) is 69.4 Å². The standard InChI is InChI=1S/C40H34N2O6.C6H14O.C3H8O2/c1-20(2)18-21(3)42-39(45)29-13-9-25-23-7-11-27-35-28(12-8-24(33(23)35)26-10-14-30(40(42)46)36(29)34(25)26)38(44)41(37(27)43)17-16-22-6-15-31(47-4)32(19-22)48-5;1-5(2)4-6(3)7;1-5-3-2-4/h6-15,19-21H,16-18H2,1-5H3;5-7H,4H2,1-3H3;4H,2-3H2,1H3. The molecule has 2 heterocycles. The van der Waals surface area contributed by atoms with Crippen molar-refractivity contribution in [2.45, 2.75) is 73.0 Å². The smallest absolute Gasteiger partial charge is 0.261 e. The summed E-state index contributed by atoms with van der Waals surface area (Å²) in [5.41, 5.74) is 2.91. The van der Waals surface area contributed by atoms with Gasteiger partial charge in [-0.1, -0.05) is 58.0 Å². The van der Waals surface area contributed by atoms with Gasteiger partial charge in [0.05, 0.1) is 33.5 Å². The second kappa shape index (κ2) is 18.3. The zero-order chi connectivity index (χ0) is 43.6. The third-order valence-corrected chi connectivity index (χ3v) is 11.2. The van der Waals surface area contributed by atoms with Crippen molar-refractivity contribution in [3.8, 4) is 11.5 Å². The quantitative estimate of drug-likeness (QED) is 0.0705.